The molecule has 0 spiro atoms. The molecule has 3 N–H and O–H groups in total. The van der Waals surface area contributed by atoms with E-state index >= 15 is 0 Å². The Morgan fingerprint density at radius 3 is 2.47 bits per heavy atom. The molecule has 0 amide bonds. The van der Waals surface area contributed by atoms with Crippen molar-refractivity contribution in [3.63, 3.8) is 0 Å². The summed E-state index contributed by atoms with van der Waals surface area (Å²) >= 11 is 1.03. The Bertz CT molecular complexity index is 475. The standard InChI is InChI=1S/C12H15F3N2OS/c1-7-3-4-9(5-8(7)2)19-6-10(11(16)17-18)12(13,14)15/h3-5,10,18H,6H2,1-2H3,(H2,16,17). The van der Waals surface area contributed by atoms with Gasteiger partial charge in [0.05, 0.1) is 0 Å². The van der Waals surface area contributed by atoms with E-state index in [1.807, 2.05) is 26.0 Å². The molecular formula is C12H15F3N2OS. The Balaban J connectivity index is 2.79. The van der Waals surface area contributed by atoms with Crippen LogP contribution in [0.5, 0.6) is 0 Å². The van der Waals surface area contributed by atoms with Gasteiger partial charge in [-0.25, -0.2) is 0 Å². The summed E-state index contributed by atoms with van der Waals surface area (Å²) < 4.78 is 38.2. The Kier molecular flexibility index (Phi) is 5.11. The molecule has 0 saturated carbocycles. The number of thioether (sulfide) groups is 1. The van der Waals surface area contributed by atoms with Crippen molar-refractivity contribution in [1.29, 1.82) is 0 Å². The summed E-state index contributed by atoms with van der Waals surface area (Å²) in [5, 5.41) is 10.9. The molecule has 7 heteroatoms. The van der Waals surface area contributed by atoms with Gasteiger partial charge >= 0.3 is 6.18 Å². The number of benzene rings is 1. The van der Waals surface area contributed by atoms with Gasteiger partial charge in [-0.15, -0.1) is 11.8 Å². The van der Waals surface area contributed by atoms with Crippen LogP contribution in [0.15, 0.2) is 28.3 Å². The Morgan fingerprint density at radius 1 is 1.37 bits per heavy atom. The number of aryl methyl sites for hydroxylation is 2. The summed E-state index contributed by atoms with van der Waals surface area (Å²) in [6, 6.07) is 5.43. The molecule has 1 rings (SSSR count). The van der Waals surface area contributed by atoms with Crippen LogP contribution in [0.3, 0.4) is 0 Å². The molecule has 0 heterocycles. The second kappa shape index (κ2) is 6.18. The molecular weight excluding hydrogens is 277 g/mol. The lowest BCUT2D eigenvalue weighted by Gasteiger charge is -2.18. The predicted molar refractivity (Wildman–Crippen MR) is 69.6 cm³/mol. The highest BCUT2D eigenvalue weighted by Gasteiger charge is 2.42. The molecule has 0 aliphatic heterocycles. The summed E-state index contributed by atoms with van der Waals surface area (Å²) in [6.45, 7) is 3.82. The van der Waals surface area contributed by atoms with Crippen molar-refractivity contribution in [2.45, 2.75) is 24.9 Å². The zero-order valence-electron chi connectivity index (χ0n) is 10.5. The number of halogens is 3. The van der Waals surface area contributed by atoms with Crippen LogP contribution in [0.2, 0.25) is 0 Å². The molecule has 1 atom stereocenters. The van der Waals surface area contributed by atoms with E-state index in [1.165, 1.54) is 0 Å². The van der Waals surface area contributed by atoms with Crippen LogP contribution in [0.4, 0.5) is 13.2 Å². The second-order valence-electron chi connectivity index (χ2n) is 4.18. The first kappa shape index (κ1) is 15.7. The topological polar surface area (TPSA) is 58.6 Å². The Labute approximate surface area is 113 Å². The summed E-state index contributed by atoms with van der Waals surface area (Å²) in [5.41, 5.74) is 7.18. The van der Waals surface area contributed by atoms with Crippen LogP contribution in [-0.2, 0) is 0 Å². The molecule has 0 aliphatic carbocycles. The summed E-state index contributed by atoms with van der Waals surface area (Å²) in [7, 11) is 0. The van der Waals surface area contributed by atoms with Crippen LogP contribution in [0.1, 0.15) is 11.1 Å². The first-order valence-corrected chi connectivity index (χ1v) is 6.48. The van der Waals surface area contributed by atoms with Crippen LogP contribution in [0, 0.1) is 19.8 Å². The number of oxime groups is 1. The van der Waals surface area contributed by atoms with Gasteiger partial charge < -0.3 is 10.9 Å². The van der Waals surface area contributed by atoms with Crippen molar-refractivity contribution < 1.29 is 18.4 Å². The maximum Gasteiger partial charge on any atom is 0.399 e. The minimum atomic E-state index is -4.52. The van der Waals surface area contributed by atoms with E-state index in [1.54, 1.807) is 6.07 Å². The van der Waals surface area contributed by atoms with E-state index in [9.17, 15) is 13.2 Å². The zero-order valence-corrected chi connectivity index (χ0v) is 11.3. The van der Waals surface area contributed by atoms with Crippen molar-refractivity contribution in [3.05, 3.63) is 29.3 Å². The van der Waals surface area contributed by atoms with Gasteiger partial charge in [-0.3, -0.25) is 0 Å². The average molecular weight is 292 g/mol. The quantitative estimate of drug-likeness (QED) is 0.294. The molecule has 1 aromatic rings. The first-order valence-electron chi connectivity index (χ1n) is 5.50. The van der Waals surface area contributed by atoms with Crippen molar-refractivity contribution in [1.82, 2.24) is 0 Å². The van der Waals surface area contributed by atoms with Gasteiger partial charge in [-0.2, -0.15) is 13.2 Å². The lowest BCUT2D eigenvalue weighted by Crippen LogP contribution is -2.37. The monoisotopic (exact) mass is 292 g/mol. The van der Waals surface area contributed by atoms with Crippen LogP contribution in [0.25, 0.3) is 0 Å². The number of hydrogen-bond acceptors (Lipinski definition) is 3. The van der Waals surface area contributed by atoms with E-state index in [4.69, 9.17) is 10.9 Å². The molecule has 0 fully saturated rings. The average Bonchev–Trinajstić information content (AvgIpc) is 2.31. The van der Waals surface area contributed by atoms with E-state index in [2.05, 4.69) is 5.16 Å². The molecule has 106 valence electrons. The zero-order chi connectivity index (χ0) is 14.6. The molecule has 0 saturated heterocycles. The van der Waals surface area contributed by atoms with Crippen molar-refractivity contribution >= 4 is 17.6 Å². The molecule has 0 aliphatic rings. The lowest BCUT2D eigenvalue weighted by atomic mass is 10.1. The largest absolute Gasteiger partial charge is 0.409 e. The van der Waals surface area contributed by atoms with Crippen molar-refractivity contribution in [2.24, 2.45) is 16.8 Å². The fraction of sp³-hybridized carbons (Fsp3) is 0.417. The van der Waals surface area contributed by atoms with Crippen LogP contribution in [-0.4, -0.2) is 23.0 Å². The summed E-state index contributed by atoms with van der Waals surface area (Å²) in [5.74, 6) is -3.09. The smallest absolute Gasteiger partial charge is 0.399 e. The molecule has 0 radical (unpaired) electrons. The third-order valence-corrected chi connectivity index (χ3v) is 3.85. The van der Waals surface area contributed by atoms with Crippen LogP contribution < -0.4 is 5.73 Å². The third kappa shape index (κ3) is 4.34. The number of amidine groups is 1. The van der Waals surface area contributed by atoms with Crippen molar-refractivity contribution in [2.75, 3.05) is 5.75 Å². The molecule has 1 aromatic carbocycles. The number of nitrogens with zero attached hydrogens (tertiary/aromatic N) is 1. The van der Waals surface area contributed by atoms with E-state index in [0.29, 0.717) is 0 Å². The first-order chi connectivity index (χ1) is 8.75. The minimum absolute atomic E-state index is 0.318. The molecule has 1 unspecified atom stereocenters. The van der Waals surface area contributed by atoms with E-state index in [0.717, 1.165) is 27.8 Å². The maximum atomic E-state index is 12.7. The SMILES string of the molecule is Cc1ccc(SCC(/C(N)=N/O)C(F)(F)F)cc1C. The van der Waals surface area contributed by atoms with Gasteiger partial charge in [0, 0.05) is 10.6 Å². The van der Waals surface area contributed by atoms with E-state index in [-0.39, 0.29) is 5.75 Å². The van der Waals surface area contributed by atoms with Gasteiger partial charge in [0.2, 0.25) is 0 Å². The summed E-state index contributed by atoms with van der Waals surface area (Å²) in [4.78, 5) is 0.725. The highest BCUT2D eigenvalue weighted by atomic mass is 32.2. The van der Waals surface area contributed by atoms with Gasteiger partial charge in [-0.05, 0) is 37.1 Å². The second-order valence-corrected chi connectivity index (χ2v) is 5.27. The van der Waals surface area contributed by atoms with Gasteiger partial charge in [0.1, 0.15) is 5.92 Å². The Morgan fingerprint density at radius 2 is 2.00 bits per heavy atom. The fourth-order valence-electron chi connectivity index (χ4n) is 1.40. The predicted octanol–water partition coefficient (Wildman–Crippen LogP) is 3.32. The summed E-state index contributed by atoms with van der Waals surface area (Å²) in [6.07, 6.45) is -4.52. The van der Waals surface area contributed by atoms with Gasteiger partial charge in [-0.1, -0.05) is 11.2 Å². The molecule has 3 nitrogen and oxygen atoms in total. The number of rotatable bonds is 4. The van der Waals surface area contributed by atoms with Crippen LogP contribution >= 0.6 is 11.8 Å². The number of alkyl halides is 3. The third-order valence-electron chi connectivity index (χ3n) is 2.76. The Hall–Kier alpha value is -1.37. The highest BCUT2D eigenvalue weighted by Crippen LogP contribution is 2.32. The van der Waals surface area contributed by atoms with Gasteiger partial charge in [0.25, 0.3) is 0 Å². The molecule has 0 aromatic heterocycles. The number of nitrogens with two attached hydrogens (primary N) is 1. The van der Waals surface area contributed by atoms with E-state index < -0.39 is 17.9 Å². The number of hydrogen-bond donors (Lipinski definition) is 2. The molecule has 0 bridgehead atoms. The van der Waals surface area contributed by atoms with Crippen molar-refractivity contribution in [3.8, 4) is 0 Å². The fourth-order valence-corrected chi connectivity index (χ4v) is 2.54. The highest BCUT2D eigenvalue weighted by molar-refractivity contribution is 7.99. The minimum Gasteiger partial charge on any atom is -0.409 e. The lowest BCUT2D eigenvalue weighted by molar-refractivity contribution is -0.150. The van der Waals surface area contributed by atoms with Gasteiger partial charge in [0.15, 0.2) is 5.84 Å². The molecule has 19 heavy (non-hydrogen) atoms. The normalized spacial score (nSPS) is 14.5. The maximum absolute atomic E-state index is 12.7.